The van der Waals surface area contributed by atoms with Gasteiger partial charge in [0.2, 0.25) is 0 Å². The Bertz CT molecular complexity index is 235. The van der Waals surface area contributed by atoms with Crippen LogP contribution in [0.4, 0.5) is 4.79 Å². The first kappa shape index (κ1) is 13.0. The van der Waals surface area contributed by atoms with E-state index < -0.39 is 17.7 Å². The summed E-state index contributed by atoms with van der Waals surface area (Å²) in [6.07, 6.45) is -0.605. The summed E-state index contributed by atoms with van der Waals surface area (Å²) in [5, 5.41) is 13.4. The van der Waals surface area contributed by atoms with Crippen LogP contribution in [0.5, 0.6) is 0 Å². The molecule has 14 heavy (non-hydrogen) atoms. The van der Waals surface area contributed by atoms with Crippen molar-refractivity contribution in [3.63, 3.8) is 0 Å². The number of carbonyl (C=O) groups is 1. The minimum Gasteiger partial charge on any atom is -0.444 e. The first-order chi connectivity index (χ1) is 6.26. The van der Waals surface area contributed by atoms with Gasteiger partial charge in [0.1, 0.15) is 5.60 Å². The summed E-state index contributed by atoms with van der Waals surface area (Å²) in [4.78, 5) is 11.2. The monoisotopic (exact) mass is 222 g/mol. The molecular weight excluding hydrogens is 208 g/mol. The van der Waals surface area contributed by atoms with Crippen molar-refractivity contribution in [3.8, 4) is 0 Å². The summed E-state index contributed by atoms with van der Waals surface area (Å²) in [5.74, 6) is 0. The van der Waals surface area contributed by atoms with Crippen molar-refractivity contribution in [2.24, 2.45) is 5.16 Å². The first-order valence-corrected chi connectivity index (χ1v) is 4.51. The number of hydrogen-bond donors (Lipinski definition) is 2. The molecule has 5 nitrogen and oxygen atoms in total. The van der Waals surface area contributed by atoms with Gasteiger partial charge in [-0.25, -0.2) is 4.79 Å². The molecule has 0 aromatic heterocycles. The number of nitrogens with one attached hydrogen (secondary N) is 1. The fourth-order valence-corrected chi connectivity index (χ4v) is 0.685. The molecule has 0 heterocycles. The van der Waals surface area contributed by atoms with Crippen LogP contribution in [0, 0.1) is 0 Å². The van der Waals surface area contributed by atoms with Crippen molar-refractivity contribution in [1.82, 2.24) is 5.32 Å². The summed E-state index contributed by atoms with van der Waals surface area (Å²) in [5.41, 5.74) is -0.563. The fourth-order valence-electron chi connectivity index (χ4n) is 0.630. The van der Waals surface area contributed by atoms with Crippen LogP contribution in [0.2, 0.25) is 0 Å². The predicted octanol–water partition coefficient (Wildman–Crippen LogP) is 1.93. The van der Waals surface area contributed by atoms with Gasteiger partial charge in [-0.05, 0) is 27.7 Å². The molecule has 0 spiro atoms. The van der Waals surface area contributed by atoms with Gasteiger partial charge in [0.05, 0.1) is 6.04 Å². The summed E-state index contributed by atoms with van der Waals surface area (Å²) in [6.45, 7) is 6.82. The molecule has 1 unspecified atom stereocenters. The third-order valence-electron chi connectivity index (χ3n) is 1.19. The van der Waals surface area contributed by atoms with Gasteiger partial charge >= 0.3 is 6.09 Å². The van der Waals surface area contributed by atoms with Crippen molar-refractivity contribution in [2.45, 2.75) is 39.3 Å². The third kappa shape index (κ3) is 5.64. The van der Waals surface area contributed by atoms with E-state index in [-0.39, 0.29) is 5.17 Å². The smallest absolute Gasteiger partial charge is 0.408 e. The quantitative estimate of drug-likeness (QED) is 0.426. The zero-order chi connectivity index (χ0) is 11.4. The molecule has 6 heteroatoms. The second-order valence-electron chi connectivity index (χ2n) is 3.79. The normalized spacial score (nSPS) is 14.8. The second-order valence-corrected chi connectivity index (χ2v) is 4.18. The first-order valence-electron chi connectivity index (χ1n) is 4.13. The minimum absolute atomic E-state index is 0.101. The van der Waals surface area contributed by atoms with E-state index in [9.17, 15) is 4.79 Å². The Morgan fingerprint density at radius 1 is 1.57 bits per heavy atom. The molecule has 0 rings (SSSR count). The van der Waals surface area contributed by atoms with Crippen LogP contribution in [0.3, 0.4) is 0 Å². The molecule has 0 aromatic carbocycles. The maximum Gasteiger partial charge on any atom is 0.408 e. The summed E-state index contributed by atoms with van der Waals surface area (Å²) in [6, 6.07) is -0.573. The van der Waals surface area contributed by atoms with Crippen molar-refractivity contribution in [2.75, 3.05) is 0 Å². The molecule has 0 radical (unpaired) electrons. The Labute approximate surface area is 88.1 Å². The Balaban J connectivity index is 4.08. The van der Waals surface area contributed by atoms with E-state index in [2.05, 4.69) is 10.5 Å². The molecule has 0 bridgehead atoms. The zero-order valence-electron chi connectivity index (χ0n) is 8.67. The van der Waals surface area contributed by atoms with E-state index in [1.54, 1.807) is 27.7 Å². The predicted molar refractivity (Wildman–Crippen MR) is 53.9 cm³/mol. The van der Waals surface area contributed by atoms with Crippen molar-refractivity contribution < 1.29 is 14.7 Å². The van der Waals surface area contributed by atoms with Crippen molar-refractivity contribution in [3.05, 3.63) is 0 Å². The van der Waals surface area contributed by atoms with Gasteiger partial charge in [0, 0.05) is 0 Å². The van der Waals surface area contributed by atoms with E-state index in [1.807, 2.05) is 0 Å². The average Bonchev–Trinajstić information content (AvgIpc) is 1.99. The maximum atomic E-state index is 11.2. The average molecular weight is 223 g/mol. The van der Waals surface area contributed by atoms with Gasteiger partial charge in [-0.15, -0.1) is 0 Å². The number of alkyl carbamates (subject to hydrolysis) is 1. The molecular formula is C8H15ClN2O3. The number of nitrogens with zero attached hydrogens (tertiary/aromatic N) is 1. The van der Waals surface area contributed by atoms with E-state index in [0.29, 0.717) is 0 Å². The Hall–Kier alpha value is -0.970. The SMILES string of the molecule is CC(NC(=O)OC(C)(C)C)/C(Cl)=N/O. The number of carbonyl (C=O) groups excluding carboxylic acids is 1. The van der Waals surface area contributed by atoms with Crippen LogP contribution in [-0.2, 0) is 4.74 Å². The number of amides is 1. The number of rotatable bonds is 2. The molecule has 1 amide bonds. The van der Waals surface area contributed by atoms with Gasteiger partial charge in [-0.1, -0.05) is 16.8 Å². The lowest BCUT2D eigenvalue weighted by molar-refractivity contribution is 0.0521. The summed E-state index contributed by atoms with van der Waals surface area (Å²) in [7, 11) is 0. The third-order valence-corrected chi connectivity index (χ3v) is 1.59. The van der Waals surface area contributed by atoms with Crippen LogP contribution < -0.4 is 5.32 Å². The van der Waals surface area contributed by atoms with Crippen LogP contribution in [0.1, 0.15) is 27.7 Å². The Morgan fingerprint density at radius 3 is 2.43 bits per heavy atom. The van der Waals surface area contributed by atoms with E-state index in [1.165, 1.54) is 0 Å². The van der Waals surface area contributed by atoms with Gasteiger partial charge in [-0.2, -0.15) is 0 Å². The standard InChI is InChI=1S/C8H15ClN2O3/c1-5(6(9)11-13)10-7(12)14-8(2,3)4/h5,13H,1-4H3,(H,10,12)/b11-6-. The van der Waals surface area contributed by atoms with Gasteiger partial charge in [0.25, 0.3) is 0 Å². The Morgan fingerprint density at radius 2 is 2.07 bits per heavy atom. The van der Waals surface area contributed by atoms with Crippen LogP contribution in [0.25, 0.3) is 0 Å². The lowest BCUT2D eigenvalue weighted by atomic mass is 10.2. The van der Waals surface area contributed by atoms with E-state index in [0.717, 1.165) is 0 Å². The van der Waals surface area contributed by atoms with E-state index >= 15 is 0 Å². The second kappa shape index (κ2) is 5.05. The topological polar surface area (TPSA) is 70.9 Å². The molecule has 82 valence electrons. The van der Waals surface area contributed by atoms with Gasteiger partial charge in [0.15, 0.2) is 5.17 Å². The molecule has 0 aliphatic carbocycles. The molecule has 0 aliphatic rings. The Kier molecular flexibility index (Phi) is 4.70. The summed E-state index contributed by atoms with van der Waals surface area (Å²) < 4.78 is 4.96. The molecule has 0 aliphatic heterocycles. The van der Waals surface area contributed by atoms with Gasteiger partial charge < -0.3 is 15.3 Å². The molecule has 0 fully saturated rings. The van der Waals surface area contributed by atoms with Crippen LogP contribution in [0.15, 0.2) is 5.16 Å². The highest BCUT2D eigenvalue weighted by Crippen LogP contribution is 2.07. The highest BCUT2D eigenvalue weighted by Gasteiger charge is 2.19. The molecule has 0 saturated heterocycles. The van der Waals surface area contributed by atoms with E-state index in [4.69, 9.17) is 21.5 Å². The number of hydrogen-bond acceptors (Lipinski definition) is 4. The summed E-state index contributed by atoms with van der Waals surface area (Å²) >= 11 is 5.46. The van der Waals surface area contributed by atoms with Crippen LogP contribution >= 0.6 is 11.6 Å². The largest absolute Gasteiger partial charge is 0.444 e. The highest BCUT2D eigenvalue weighted by atomic mass is 35.5. The van der Waals surface area contributed by atoms with Crippen molar-refractivity contribution >= 4 is 22.9 Å². The molecule has 1 atom stereocenters. The lowest BCUT2D eigenvalue weighted by Gasteiger charge is -2.21. The van der Waals surface area contributed by atoms with Gasteiger partial charge in [-0.3, -0.25) is 0 Å². The van der Waals surface area contributed by atoms with Crippen molar-refractivity contribution in [1.29, 1.82) is 0 Å². The maximum absolute atomic E-state index is 11.2. The number of ether oxygens (including phenoxy) is 1. The zero-order valence-corrected chi connectivity index (χ0v) is 9.42. The number of oxime groups is 1. The fraction of sp³-hybridized carbons (Fsp3) is 0.750. The minimum atomic E-state index is -0.605. The molecule has 0 aromatic rings. The molecule has 2 N–H and O–H groups in total. The number of halogens is 1. The van der Waals surface area contributed by atoms with Crippen LogP contribution in [-0.4, -0.2) is 28.1 Å². The molecule has 0 saturated carbocycles. The highest BCUT2D eigenvalue weighted by molar-refractivity contribution is 6.66. The lowest BCUT2D eigenvalue weighted by Crippen LogP contribution is -2.40.